The third-order valence-corrected chi connectivity index (χ3v) is 5.46. The number of aromatic nitrogens is 2. The van der Waals surface area contributed by atoms with Crippen LogP contribution in [0.5, 0.6) is 5.75 Å². The Morgan fingerprint density at radius 3 is 2.51 bits per heavy atom. The molecule has 9 nitrogen and oxygen atoms in total. The minimum atomic E-state index is -2.88. The molecule has 0 unspecified atom stereocenters. The van der Waals surface area contributed by atoms with Crippen LogP contribution in [0.25, 0.3) is 0 Å². The summed E-state index contributed by atoms with van der Waals surface area (Å²) in [5.41, 5.74) is 6.01. The van der Waals surface area contributed by atoms with Crippen molar-refractivity contribution in [3.05, 3.63) is 50.7 Å². The number of alkyl halides is 2. The zero-order chi connectivity index (χ0) is 26.0. The van der Waals surface area contributed by atoms with Crippen LogP contribution >= 0.6 is 0 Å². The normalized spacial score (nSPS) is 11.2. The average molecular weight is 496 g/mol. The largest absolute Gasteiger partial charge is 0.435 e. The Morgan fingerprint density at radius 1 is 1.23 bits per heavy atom. The highest BCUT2D eigenvalue weighted by Crippen LogP contribution is 2.19. The second-order valence-electron chi connectivity index (χ2n) is 8.72. The van der Waals surface area contributed by atoms with Gasteiger partial charge in [-0.3, -0.25) is 19.1 Å². The Balaban J connectivity index is 2.10. The number of nitrogens with one attached hydrogen (secondary N) is 2. The minimum Gasteiger partial charge on any atom is -0.435 e. The van der Waals surface area contributed by atoms with Crippen molar-refractivity contribution < 1.29 is 18.3 Å². The van der Waals surface area contributed by atoms with E-state index in [2.05, 4.69) is 15.0 Å². The van der Waals surface area contributed by atoms with Gasteiger partial charge in [-0.15, -0.1) is 0 Å². The van der Waals surface area contributed by atoms with Gasteiger partial charge in [0.05, 0.1) is 6.54 Å². The third-order valence-electron chi connectivity index (χ3n) is 5.46. The minimum absolute atomic E-state index is 0.0508. The first-order valence-electron chi connectivity index (χ1n) is 11.8. The fourth-order valence-corrected chi connectivity index (χ4v) is 3.52. The Bertz CT molecular complexity index is 1070. The number of nitrogen functional groups attached to an aromatic ring is 1. The number of ether oxygens (including phenoxy) is 1. The summed E-state index contributed by atoms with van der Waals surface area (Å²) >= 11 is 0. The van der Waals surface area contributed by atoms with Crippen molar-refractivity contribution in [3.63, 3.8) is 0 Å². The van der Waals surface area contributed by atoms with Gasteiger partial charge in [0.2, 0.25) is 5.91 Å². The van der Waals surface area contributed by atoms with Gasteiger partial charge in [-0.05, 0) is 42.9 Å². The van der Waals surface area contributed by atoms with Gasteiger partial charge in [-0.25, -0.2) is 4.79 Å². The van der Waals surface area contributed by atoms with Crippen molar-refractivity contribution in [1.29, 1.82) is 0 Å². The van der Waals surface area contributed by atoms with Crippen LogP contribution in [0, 0.1) is 5.92 Å². The second-order valence-corrected chi connectivity index (χ2v) is 8.72. The molecule has 4 N–H and O–H groups in total. The summed E-state index contributed by atoms with van der Waals surface area (Å²) in [5, 5.41) is 2.81. The van der Waals surface area contributed by atoms with Crippen LogP contribution in [-0.2, 0) is 17.8 Å². The highest BCUT2D eigenvalue weighted by atomic mass is 19.3. The molecule has 2 aromatic rings. The molecular formula is C24H35F2N5O4. The summed E-state index contributed by atoms with van der Waals surface area (Å²) in [4.78, 5) is 41.6. The molecule has 2 rings (SSSR count). The zero-order valence-electron chi connectivity index (χ0n) is 20.5. The Kier molecular flexibility index (Phi) is 10.8. The predicted molar refractivity (Wildman–Crippen MR) is 132 cm³/mol. The molecule has 0 aliphatic heterocycles. The number of benzene rings is 1. The number of anilines is 2. The van der Waals surface area contributed by atoms with Crippen molar-refractivity contribution in [1.82, 2.24) is 14.9 Å². The number of H-pyrrole nitrogens is 1. The molecule has 0 atom stereocenters. The molecule has 1 aromatic carbocycles. The fourth-order valence-electron chi connectivity index (χ4n) is 3.52. The number of nitrogens with two attached hydrogens (primary N) is 1. The number of halogens is 2. The summed E-state index contributed by atoms with van der Waals surface area (Å²) in [5.74, 6) is 0.131. The van der Waals surface area contributed by atoms with Crippen LogP contribution in [0.15, 0.2) is 33.9 Å². The maximum absolute atomic E-state index is 12.7. The van der Waals surface area contributed by atoms with Gasteiger partial charge in [0.15, 0.2) is 0 Å². The molecule has 0 bridgehead atoms. The van der Waals surface area contributed by atoms with Crippen molar-refractivity contribution in [2.24, 2.45) is 5.92 Å². The molecule has 11 heteroatoms. The summed E-state index contributed by atoms with van der Waals surface area (Å²) in [6.07, 6.45) is 2.77. The van der Waals surface area contributed by atoms with E-state index >= 15 is 0 Å². The van der Waals surface area contributed by atoms with Gasteiger partial charge in [0, 0.05) is 19.6 Å². The highest BCUT2D eigenvalue weighted by Gasteiger charge is 2.21. The lowest BCUT2D eigenvalue weighted by molar-refractivity contribution is -0.119. The number of carbonyl (C=O) groups is 1. The van der Waals surface area contributed by atoms with Crippen LogP contribution < -0.4 is 31.9 Å². The average Bonchev–Trinajstić information content (AvgIpc) is 2.77. The first kappa shape index (κ1) is 27.9. The van der Waals surface area contributed by atoms with E-state index in [1.54, 1.807) is 17.0 Å². The summed E-state index contributed by atoms with van der Waals surface area (Å²) in [7, 11) is 0. The van der Waals surface area contributed by atoms with Gasteiger partial charge in [-0.2, -0.15) is 8.78 Å². The summed E-state index contributed by atoms with van der Waals surface area (Å²) in [6.45, 7) is 4.16. The quantitative estimate of drug-likeness (QED) is 0.370. The Hall–Kier alpha value is -3.37. The van der Waals surface area contributed by atoms with E-state index in [-0.39, 0.29) is 29.7 Å². The molecule has 194 valence electrons. The van der Waals surface area contributed by atoms with Crippen molar-refractivity contribution in [3.8, 4) is 5.75 Å². The molecular weight excluding hydrogens is 460 g/mol. The molecule has 0 fully saturated rings. The lowest BCUT2D eigenvalue weighted by Crippen LogP contribution is -2.44. The molecule has 0 saturated carbocycles. The van der Waals surface area contributed by atoms with E-state index in [1.165, 1.54) is 16.7 Å². The van der Waals surface area contributed by atoms with E-state index in [9.17, 15) is 23.2 Å². The lowest BCUT2D eigenvalue weighted by Gasteiger charge is -2.26. The van der Waals surface area contributed by atoms with Gasteiger partial charge in [0.1, 0.15) is 17.3 Å². The Morgan fingerprint density at radius 2 is 1.91 bits per heavy atom. The first-order chi connectivity index (χ1) is 16.6. The van der Waals surface area contributed by atoms with Gasteiger partial charge < -0.3 is 20.7 Å². The topological polar surface area (TPSA) is 122 Å². The van der Waals surface area contributed by atoms with E-state index in [1.807, 2.05) is 20.8 Å². The number of rotatable bonds is 14. The molecule has 35 heavy (non-hydrogen) atoms. The SMILES string of the molecule is CCCCn1c(N)c(N(CCC(C)C)CC(=O)NCCc2ccc(OC(F)F)cc2)c(=O)[nH]c1=O. The third kappa shape index (κ3) is 8.73. The number of nitrogens with zero attached hydrogens (tertiary/aromatic N) is 2. The first-order valence-corrected chi connectivity index (χ1v) is 11.8. The number of hydrogen-bond acceptors (Lipinski definition) is 6. The molecule has 1 amide bonds. The number of hydrogen-bond donors (Lipinski definition) is 3. The Labute approximate surface area is 203 Å². The van der Waals surface area contributed by atoms with Crippen LogP contribution in [0.4, 0.5) is 20.3 Å². The van der Waals surface area contributed by atoms with Crippen molar-refractivity contribution >= 4 is 17.4 Å². The van der Waals surface area contributed by atoms with Crippen molar-refractivity contribution in [2.75, 3.05) is 30.3 Å². The number of carbonyl (C=O) groups excluding carboxylic acids is 1. The van der Waals surface area contributed by atoms with Crippen LogP contribution in [0.1, 0.15) is 45.6 Å². The van der Waals surface area contributed by atoms with Crippen LogP contribution in [0.3, 0.4) is 0 Å². The van der Waals surface area contributed by atoms with E-state index in [0.717, 1.165) is 18.4 Å². The van der Waals surface area contributed by atoms with Gasteiger partial charge >= 0.3 is 12.3 Å². The maximum atomic E-state index is 12.7. The van der Waals surface area contributed by atoms with E-state index < -0.39 is 17.9 Å². The molecule has 1 heterocycles. The van der Waals surface area contributed by atoms with Gasteiger partial charge in [0.25, 0.3) is 5.56 Å². The molecule has 0 spiro atoms. The van der Waals surface area contributed by atoms with Crippen LogP contribution in [0.2, 0.25) is 0 Å². The monoisotopic (exact) mass is 495 g/mol. The fraction of sp³-hybridized carbons (Fsp3) is 0.542. The molecule has 0 saturated heterocycles. The summed E-state index contributed by atoms with van der Waals surface area (Å²) < 4.78 is 30.2. The van der Waals surface area contributed by atoms with E-state index in [0.29, 0.717) is 38.4 Å². The molecule has 1 aromatic heterocycles. The van der Waals surface area contributed by atoms with Crippen LogP contribution in [-0.4, -0.2) is 41.7 Å². The predicted octanol–water partition coefficient (Wildman–Crippen LogP) is 2.73. The standard InChI is InChI=1S/C24H35F2N5O4/c1-4-5-13-31-21(27)20(22(33)29-24(31)34)30(14-11-16(2)3)15-19(32)28-12-10-17-6-8-18(9-7-17)35-23(25)26/h6-9,16,23H,4-5,10-15,27H2,1-3H3,(H,28,32)(H,29,33,34). The van der Waals surface area contributed by atoms with E-state index in [4.69, 9.17) is 5.73 Å². The smallest absolute Gasteiger partial charge is 0.387 e. The van der Waals surface area contributed by atoms with Crippen molar-refractivity contribution in [2.45, 2.75) is 59.6 Å². The lowest BCUT2D eigenvalue weighted by atomic mass is 10.1. The zero-order valence-corrected chi connectivity index (χ0v) is 20.5. The maximum Gasteiger partial charge on any atom is 0.387 e. The van der Waals surface area contributed by atoms with Gasteiger partial charge in [-0.1, -0.05) is 39.3 Å². The number of aromatic amines is 1. The molecule has 0 aliphatic carbocycles. The number of unbranched alkanes of at least 4 members (excludes halogenated alkanes) is 1. The number of amides is 1. The summed E-state index contributed by atoms with van der Waals surface area (Å²) in [6, 6.07) is 6.19. The molecule has 0 aliphatic rings. The molecule has 0 radical (unpaired) electrons. The highest BCUT2D eigenvalue weighted by molar-refractivity contribution is 5.82. The second kappa shape index (κ2) is 13.5.